The third-order valence-corrected chi connectivity index (χ3v) is 14.6. The van der Waals surface area contributed by atoms with Crippen LogP contribution in [0.4, 0.5) is 5.69 Å². The number of hydrogen-bond donors (Lipinski definition) is 4. The van der Waals surface area contributed by atoms with Crippen LogP contribution in [-0.2, 0) is 9.59 Å². The first kappa shape index (κ1) is 31.3. The normalized spacial score (nSPS) is 49.1. The van der Waals surface area contributed by atoms with Crippen molar-refractivity contribution in [3.05, 3.63) is 40.9 Å². The smallest absolute Gasteiger partial charge is 0.231 e. The Hall–Kier alpha value is -1.73. The van der Waals surface area contributed by atoms with Crippen LogP contribution < -0.4 is 5.32 Å². The number of rotatable bonds is 3. The Labute approximate surface area is 261 Å². The molecule has 0 unspecified atom stereocenters. The number of hydrogen-bond acceptors (Lipinski definition) is 5. The highest BCUT2D eigenvalue weighted by Crippen LogP contribution is 2.75. The van der Waals surface area contributed by atoms with Crippen molar-refractivity contribution in [2.24, 2.45) is 56.7 Å². The van der Waals surface area contributed by atoms with Gasteiger partial charge in [-0.15, -0.1) is 0 Å². The molecule has 6 rings (SSSR count). The third-order valence-electron chi connectivity index (χ3n) is 14.4. The van der Waals surface area contributed by atoms with Crippen molar-refractivity contribution in [3.8, 4) is 0 Å². The average molecular weight is 612 g/mol. The van der Waals surface area contributed by atoms with E-state index >= 15 is 0 Å². The summed E-state index contributed by atoms with van der Waals surface area (Å²) in [6.45, 7) is 13.0. The summed E-state index contributed by atoms with van der Waals surface area (Å²) in [5.74, 6) is 0.317. The molecule has 0 aromatic heterocycles. The Morgan fingerprint density at radius 1 is 1.00 bits per heavy atom. The number of carbonyl (C=O) groups excluding carboxylic acids is 2. The summed E-state index contributed by atoms with van der Waals surface area (Å²) in [7, 11) is 0. The van der Waals surface area contributed by atoms with Gasteiger partial charge < -0.3 is 20.6 Å². The molecule has 1 amide bonds. The molecule has 0 spiro atoms. The van der Waals surface area contributed by atoms with Crippen LogP contribution in [0, 0.1) is 56.7 Å². The second-order valence-corrected chi connectivity index (χ2v) is 16.6. The minimum Gasteiger partial charge on any atom is -0.396 e. The largest absolute Gasteiger partial charge is 0.396 e. The molecule has 5 aliphatic rings. The van der Waals surface area contributed by atoms with Crippen LogP contribution in [0.15, 0.2) is 35.9 Å². The molecule has 0 radical (unpaired) electrons. The van der Waals surface area contributed by atoms with Crippen LogP contribution in [-0.4, -0.2) is 45.8 Å². The lowest BCUT2D eigenvalue weighted by Gasteiger charge is -2.71. The summed E-state index contributed by atoms with van der Waals surface area (Å²) in [5.41, 5.74) is -0.837. The van der Waals surface area contributed by atoms with Crippen LogP contribution >= 0.6 is 11.6 Å². The minimum atomic E-state index is -1.03. The number of anilines is 1. The van der Waals surface area contributed by atoms with Crippen molar-refractivity contribution in [1.82, 2.24) is 0 Å². The number of fused-ring (bicyclic) bond motifs is 7. The first-order valence-corrected chi connectivity index (χ1v) is 16.8. The molecule has 0 aliphatic heterocycles. The first-order chi connectivity index (χ1) is 20.1. The number of amides is 1. The van der Waals surface area contributed by atoms with Gasteiger partial charge in [-0.05, 0) is 115 Å². The maximum atomic E-state index is 14.6. The van der Waals surface area contributed by atoms with Crippen molar-refractivity contribution >= 4 is 29.0 Å². The maximum absolute atomic E-state index is 14.6. The summed E-state index contributed by atoms with van der Waals surface area (Å²) in [4.78, 5) is 29.0. The molecule has 4 saturated carbocycles. The third kappa shape index (κ3) is 4.08. The molecule has 0 bridgehead atoms. The molecule has 12 atom stereocenters. The molecule has 43 heavy (non-hydrogen) atoms. The minimum absolute atomic E-state index is 0.0417. The van der Waals surface area contributed by atoms with Gasteiger partial charge in [0.2, 0.25) is 5.91 Å². The SMILES string of the molecule is C[C@H]1[C@H](C)CC[C@]2(C(=O)Nc3ccc(Cl)cc3)CC[C@]3(C)C(=CC(=O)[C@@H]4[C@@]5(C)C[C@@H](O)[C@H](O)[C@@](C)(CO)[C@@H]5CC[C@]43C)[C@H]12. The molecule has 0 heterocycles. The summed E-state index contributed by atoms with van der Waals surface area (Å²) >= 11 is 6.12. The van der Waals surface area contributed by atoms with Crippen LogP contribution in [0.25, 0.3) is 0 Å². The van der Waals surface area contributed by atoms with E-state index in [1.54, 1.807) is 12.1 Å². The monoisotopic (exact) mass is 611 g/mol. The molecular weight excluding hydrogens is 562 g/mol. The predicted octanol–water partition coefficient (Wildman–Crippen LogP) is 6.42. The Kier molecular flexibility index (Phi) is 7.37. The highest BCUT2D eigenvalue weighted by atomic mass is 35.5. The summed E-state index contributed by atoms with van der Waals surface area (Å²) in [6, 6.07) is 7.27. The standard InChI is InChI=1S/C36H50ClNO5/c1-20-11-14-36(31(43)38-23-9-7-22(37)8-10-23)16-15-34(5)24(28(36)21(20)2)17-25(40)29-32(3)18-26(41)30(42)33(4,19-39)27(32)12-13-35(29,34)6/h7-10,17,20-21,26-30,39,41-42H,11-16,18-19H2,1-6H3,(H,38,43)/t20-,21+,26-,27-,28+,29-,30+,32+,33+,34-,35-,36+/m1/s1. The zero-order valence-electron chi connectivity index (χ0n) is 26.6. The maximum Gasteiger partial charge on any atom is 0.231 e. The number of ketones is 1. The second kappa shape index (κ2) is 10.1. The Bertz CT molecular complexity index is 1350. The Morgan fingerprint density at radius 2 is 1.67 bits per heavy atom. The van der Waals surface area contributed by atoms with Gasteiger partial charge >= 0.3 is 0 Å². The topological polar surface area (TPSA) is 107 Å². The van der Waals surface area contributed by atoms with Gasteiger partial charge in [0.1, 0.15) is 0 Å². The van der Waals surface area contributed by atoms with Crippen LogP contribution in [0.1, 0.15) is 86.5 Å². The molecule has 5 aliphatic carbocycles. The van der Waals surface area contributed by atoms with E-state index in [2.05, 4.69) is 39.9 Å². The van der Waals surface area contributed by atoms with Crippen molar-refractivity contribution < 1.29 is 24.9 Å². The summed E-state index contributed by atoms with van der Waals surface area (Å²) in [6.07, 6.45) is 5.16. The summed E-state index contributed by atoms with van der Waals surface area (Å²) in [5, 5.41) is 36.5. The first-order valence-electron chi connectivity index (χ1n) is 16.4. The molecule has 6 nitrogen and oxygen atoms in total. The van der Waals surface area contributed by atoms with E-state index in [-0.39, 0.29) is 52.8 Å². The van der Waals surface area contributed by atoms with Crippen LogP contribution in [0.2, 0.25) is 5.02 Å². The fraction of sp³-hybridized carbons (Fsp3) is 0.722. The lowest BCUT2D eigenvalue weighted by molar-refractivity contribution is -0.238. The van der Waals surface area contributed by atoms with Gasteiger partial charge in [0, 0.05) is 22.0 Å². The molecule has 1 aromatic rings. The van der Waals surface area contributed by atoms with Crippen LogP contribution in [0.5, 0.6) is 0 Å². The van der Waals surface area contributed by atoms with E-state index in [4.69, 9.17) is 11.6 Å². The molecule has 1 aromatic carbocycles. The molecule has 4 fully saturated rings. The fourth-order valence-electron chi connectivity index (χ4n) is 11.7. The number of carbonyl (C=O) groups is 2. The summed E-state index contributed by atoms with van der Waals surface area (Å²) < 4.78 is 0. The quantitative estimate of drug-likeness (QED) is 0.316. The Balaban J connectivity index is 1.45. The van der Waals surface area contributed by atoms with Gasteiger partial charge in [-0.25, -0.2) is 0 Å². The molecule has 0 saturated heterocycles. The number of halogens is 1. The van der Waals surface area contributed by atoms with E-state index in [0.29, 0.717) is 17.4 Å². The molecule has 7 heteroatoms. The van der Waals surface area contributed by atoms with E-state index < -0.39 is 28.5 Å². The van der Waals surface area contributed by atoms with Crippen molar-refractivity contribution in [2.75, 3.05) is 11.9 Å². The zero-order chi connectivity index (χ0) is 31.3. The molecule has 236 valence electrons. The van der Waals surface area contributed by atoms with Gasteiger partial charge in [-0.2, -0.15) is 0 Å². The lowest BCUT2D eigenvalue weighted by Crippen LogP contribution is -2.70. The van der Waals surface area contributed by atoms with Gasteiger partial charge in [0.25, 0.3) is 0 Å². The van der Waals surface area contributed by atoms with E-state index in [1.807, 2.05) is 25.1 Å². The number of aliphatic hydroxyl groups excluding tert-OH is 3. The van der Waals surface area contributed by atoms with Gasteiger partial charge in [-0.1, -0.05) is 58.7 Å². The van der Waals surface area contributed by atoms with Crippen molar-refractivity contribution in [2.45, 2.75) is 98.7 Å². The molecular formula is C36H50ClNO5. The van der Waals surface area contributed by atoms with E-state index in [1.165, 1.54) is 0 Å². The van der Waals surface area contributed by atoms with E-state index in [0.717, 1.165) is 49.8 Å². The highest BCUT2D eigenvalue weighted by Gasteiger charge is 2.72. The number of aliphatic hydroxyl groups is 3. The van der Waals surface area contributed by atoms with Gasteiger partial charge in [-0.3, -0.25) is 9.59 Å². The van der Waals surface area contributed by atoms with Gasteiger partial charge in [0.05, 0.1) is 24.2 Å². The van der Waals surface area contributed by atoms with Gasteiger partial charge in [0.15, 0.2) is 5.78 Å². The fourth-order valence-corrected chi connectivity index (χ4v) is 11.8. The second-order valence-electron chi connectivity index (χ2n) is 16.1. The van der Waals surface area contributed by atoms with E-state index in [9.17, 15) is 24.9 Å². The zero-order valence-corrected chi connectivity index (χ0v) is 27.4. The van der Waals surface area contributed by atoms with Crippen LogP contribution in [0.3, 0.4) is 0 Å². The predicted molar refractivity (Wildman–Crippen MR) is 168 cm³/mol. The number of benzene rings is 1. The molecule has 4 N–H and O–H groups in total. The number of nitrogens with one attached hydrogen (secondary N) is 1. The van der Waals surface area contributed by atoms with Crippen molar-refractivity contribution in [3.63, 3.8) is 0 Å². The lowest BCUT2D eigenvalue weighted by atomic mass is 9.33. The number of allylic oxidation sites excluding steroid dienone is 2. The Morgan fingerprint density at radius 3 is 2.33 bits per heavy atom. The van der Waals surface area contributed by atoms with Crippen molar-refractivity contribution in [1.29, 1.82) is 0 Å². The average Bonchev–Trinajstić information content (AvgIpc) is 2.95. The highest BCUT2D eigenvalue weighted by molar-refractivity contribution is 6.30.